The molecule has 0 saturated heterocycles. The van der Waals surface area contributed by atoms with Gasteiger partial charge in [-0.15, -0.1) is 0 Å². The molecule has 0 bridgehead atoms. The summed E-state index contributed by atoms with van der Waals surface area (Å²) in [5, 5.41) is 0. The zero-order valence-electron chi connectivity index (χ0n) is 11.2. The van der Waals surface area contributed by atoms with E-state index in [4.69, 9.17) is 15.9 Å². The number of fused-ring (bicyclic) bond motifs is 1. The van der Waals surface area contributed by atoms with Gasteiger partial charge >= 0.3 is 0 Å². The van der Waals surface area contributed by atoms with Gasteiger partial charge in [0.25, 0.3) is 0 Å². The van der Waals surface area contributed by atoms with Crippen molar-refractivity contribution < 1.29 is 4.42 Å². The summed E-state index contributed by atoms with van der Waals surface area (Å²) < 4.78 is 5.46. The molecule has 1 unspecified atom stereocenters. The van der Waals surface area contributed by atoms with Gasteiger partial charge < -0.3 is 15.9 Å². The number of aryl methyl sites for hydroxylation is 1. The Morgan fingerprint density at radius 3 is 2.78 bits per heavy atom. The minimum absolute atomic E-state index is 0.0266. The van der Waals surface area contributed by atoms with Gasteiger partial charge in [0, 0.05) is 13.0 Å². The first-order chi connectivity index (χ1) is 8.44. The lowest BCUT2D eigenvalue weighted by Gasteiger charge is -2.31. The lowest BCUT2D eigenvalue weighted by Crippen LogP contribution is -2.31. The van der Waals surface area contributed by atoms with E-state index in [9.17, 15) is 0 Å². The van der Waals surface area contributed by atoms with E-state index >= 15 is 0 Å². The summed E-state index contributed by atoms with van der Waals surface area (Å²) >= 11 is 0. The smallest absolute Gasteiger partial charge is 0.192 e. The topological polar surface area (TPSA) is 78.1 Å². The molecule has 0 aliphatic carbocycles. The van der Waals surface area contributed by atoms with Gasteiger partial charge in [-0.05, 0) is 36.1 Å². The quantitative estimate of drug-likeness (QED) is 0.870. The maximum Gasteiger partial charge on any atom is 0.192 e. The number of rotatable bonds is 4. The number of hydrogen-bond acceptors (Lipinski definition) is 4. The van der Waals surface area contributed by atoms with Crippen LogP contribution >= 0.6 is 0 Å². The van der Waals surface area contributed by atoms with Crippen LogP contribution in [0.25, 0.3) is 11.1 Å². The molecule has 0 fully saturated rings. The minimum atomic E-state index is -0.0533. The molecule has 98 valence electrons. The second-order valence-corrected chi connectivity index (χ2v) is 5.46. The van der Waals surface area contributed by atoms with E-state index in [1.54, 1.807) is 0 Å². The van der Waals surface area contributed by atoms with Crippen molar-refractivity contribution in [2.45, 2.75) is 33.2 Å². The molecule has 4 N–H and O–H groups in total. The Morgan fingerprint density at radius 1 is 1.39 bits per heavy atom. The highest BCUT2D eigenvalue weighted by atomic mass is 16.3. The molecule has 1 heterocycles. The normalized spacial score (nSPS) is 14.1. The molecule has 2 rings (SSSR count). The molecule has 0 saturated carbocycles. The third-order valence-corrected chi connectivity index (χ3v) is 3.51. The molecular weight excluding hydrogens is 226 g/mol. The average Bonchev–Trinajstić information content (AvgIpc) is 2.66. The number of nitrogens with two attached hydrogens (primary N) is 2. The number of benzene rings is 1. The van der Waals surface area contributed by atoms with Crippen LogP contribution in [0, 0.1) is 12.3 Å². The molecule has 1 aromatic carbocycles. The second-order valence-electron chi connectivity index (χ2n) is 5.46. The lowest BCUT2D eigenvalue weighted by atomic mass is 9.78. The van der Waals surface area contributed by atoms with Crippen molar-refractivity contribution in [3.05, 3.63) is 29.7 Å². The van der Waals surface area contributed by atoms with Gasteiger partial charge in [-0.2, -0.15) is 0 Å². The van der Waals surface area contributed by atoms with Crippen LogP contribution in [0.1, 0.15) is 37.8 Å². The maximum atomic E-state index is 6.34. The van der Waals surface area contributed by atoms with Crippen LogP contribution in [-0.2, 0) is 0 Å². The van der Waals surface area contributed by atoms with Crippen molar-refractivity contribution in [1.82, 2.24) is 4.98 Å². The average molecular weight is 247 g/mol. The first-order valence-electron chi connectivity index (χ1n) is 6.27. The van der Waals surface area contributed by atoms with Gasteiger partial charge in [-0.25, -0.2) is 4.98 Å². The summed E-state index contributed by atoms with van der Waals surface area (Å²) in [5.41, 5.74) is 14.7. The molecule has 1 atom stereocenters. The van der Waals surface area contributed by atoms with E-state index in [2.05, 4.69) is 18.8 Å². The number of hydrogen-bond donors (Lipinski definition) is 2. The molecule has 0 aliphatic heterocycles. The Balaban J connectivity index is 2.35. The summed E-state index contributed by atoms with van der Waals surface area (Å²) in [6.45, 7) is 6.77. The first-order valence-corrected chi connectivity index (χ1v) is 6.27. The summed E-state index contributed by atoms with van der Waals surface area (Å²) in [4.78, 5) is 4.34. The first kappa shape index (κ1) is 13.1. The number of aromatic nitrogens is 1. The van der Waals surface area contributed by atoms with Crippen LogP contribution in [0.2, 0.25) is 0 Å². The van der Waals surface area contributed by atoms with Crippen molar-refractivity contribution in [3.8, 4) is 0 Å². The highest BCUT2D eigenvalue weighted by Crippen LogP contribution is 2.35. The predicted octanol–water partition coefficient (Wildman–Crippen LogP) is 2.51. The van der Waals surface area contributed by atoms with Crippen LogP contribution < -0.4 is 11.5 Å². The van der Waals surface area contributed by atoms with Crippen molar-refractivity contribution >= 4 is 11.1 Å². The molecule has 0 aliphatic rings. The molecule has 2 aromatic rings. The standard InChI is InChI=1S/C14H21N3O/c1-9-17-11-8-10(4-5-12(11)18-9)13(16)14(2,3)6-7-15/h4-5,8,13H,6-7,15-16H2,1-3H3. The van der Waals surface area contributed by atoms with E-state index in [1.807, 2.05) is 25.1 Å². The second kappa shape index (κ2) is 4.71. The largest absolute Gasteiger partial charge is 0.441 e. The molecule has 4 heteroatoms. The van der Waals surface area contributed by atoms with E-state index in [0.29, 0.717) is 12.4 Å². The van der Waals surface area contributed by atoms with E-state index in [1.165, 1.54) is 0 Å². The third-order valence-electron chi connectivity index (χ3n) is 3.51. The maximum absolute atomic E-state index is 6.34. The van der Waals surface area contributed by atoms with Crippen LogP contribution in [0.5, 0.6) is 0 Å². The molecular formula is C14H21N3O. The molecule has 1 aromatic heterocycles. The zero-order chi connectivity index (χ0) is 13.3. The van der Waals surface area contributed by atoms with Crippen molar-refractivity contribution in [2.75, 3.05) is 6.54 Å². The van der Waals surface area contributed by atoms with Crippen LogP contribution in [0.15, 0.2) is 22.6 Å². The molecule has 0 spiro atoms. The van der Waals surface area contributed by atoms with Crippen LogP contribution in [0.3, 0.4) is 0 Å². The third kappa shape index (κ3) is 2.40. The van der Waals surface area contributed by atoms with Gasteiger partial charge in [-0.1, -0.05) is 19.9 Å². The van der Waals surface area contributed by atoms with Gasteiger partial charge in [0.15, 0.2) is 11.5 Å². The lowest BCUT2D eigenvalue weighted by molar-refractivity contribution is 0.271. The highest BCUT2D eigenvalue weighted by Gasteiger charge is 2.27. The Morgan fingerprint density at radius 2 is 2.11 bits per heavy atom. The van der Waals surface area contributed by atoms with Gasteiger partial charge in [0.1, 0.15) is 5.52 Å². The van der Waals surface area contributed by atoms with E-state index in [-0.39, 0.29) is 11.5 Å². The summed E-state index contributed by atoms with van der Waals surface area (Å²) in [5.74, 6) is 0.678. The Bertz CT molecular complexity index is 545. The highest BCUT2D eigenvalue weighted by molar-refractivity contribution is 5.73. The van der Waals surface area contributed by atoms with Gasteiger partial charge in [-0.3, -0.25) is 0 Å². The van der Waals surface area contributed by atoms with Crippen molar-refractivity contribution in [3.63, 3.8) is 0 Å². The fourth-order valence-electron chi connectivity index (χ4n) is 2.23. The Kier molecular flexibility index (Phi) is 3.41. The summed E-state index contributed by atoms with van der Waals surface area (Å²) in [7, 11) is 0. The Labute approximate surface area is 107 Å². The predicted molar refractivity (Wildman–Crippen MR) is 73.1 cm³/mol. The van der Waals surface area contributed by atoms with E-state index in [0.717, 1.165) is 23.1 Å². The van der Waals surface area contributed by atoms with Crippen LogP contribution in [-0.4, -0.2) is 11.5 Å². The fraction of sp³-hybridized carbons (Fsp3) is 0.500. The van der Waals surface area contributed by atoms with E-state index < -0.39 is 0 Å². The monoisotopic (exact) mass is 247 g/mol. The van der Waals surface area contributed by atoms with Crippen molar-refractivity contribution in [1.29, 1.82) is 0 Å². The van der Waals surface area contributed by atoms with Gasteiger partial charge in [0.05, 0.1) is 0 Å². The molecule has 18 heavy (non-hydrogen) atoms. The minimum Gasteiger partial charge on any atom is -0.441 e. The summed E-state index contributed by atoms with van der Waals surface area (Å²) in [6.07, 6.45) is 0.893. The van der Waals surface area contributed by atoms with Crippen molar-refractivity contribution in [2.24, 2.45) is 16.9 Å². The summed E-state index contributed by atoms with van der Waals surface area (Å²) in [6, 6.07) is 5.90. The number of nitrogens with zero attached hydrogens (tertiary/aromatic N) is 1. The molecule has 0 amide bonds. The fourth-order valence-corrected chi connectivity index (χ4v) is 2.23. The molecule has 4 nitrogen and oxygen atoms in total. The van der Waals surface area contributed by atoms with Crippen LogP contribution in [0.4, 0.5) is 0 Å². The van der Waals surface area contributed by atoms with Gasteiger partial charge in [0.2, 0.25) is 0 Å². The number of oxazole rings is 1. The SMILES string of the molecule is Cc1nc2cc(C(N)C(C)(C)CCN)ccc2o1. The zero-order valence-corrected chi connectivity index (χ0v) is 11.2. The Hall–Kier alpha value is -1.39. The molecule has 0 radical (unpaired) electrons.